The van der Waals surface area contributed by atoms with Gasteiger partial charge in [-0.1, -0.05) is 44.0 Å². The number of carbonyl (C=O) groups excluding carboxylic acids is 4. The lowest BCUT2D eigenvalue weighted by Crippen LogP contribution is -2.54. The molecule has 0 aromatic heterocycles. The van der Waals surface area contributed by atoms with Gasteiger partial charge < -0.3 is 15.4 Å². The number of nitrogens with zero attached hydrogens (tertiary/aromatic N) is 1. The molecule has 1 aromatic rings. The summed E-state index contributed by atoms with van der Waals surface area (Å²) in [4.78, 5) is 50.0. The van der Waals surface area contributed by atoms with Gasteiger partial charge in [-0.15, -0.1) is 0 Å². The topological polar surface area (TPSA) is 105 Å². The van der Waals surface area contributed by atoms with E-state index < -0.39 is 36.6 Å². The number of ether oxygens (including phenoxy) is 1. The summed E-state index contributed by atoms with van der Waals surface area (Å²) < 4.78 is 4.96. The van der Waals surface area contributed by atoms with Crippen LogP contribution in [0.25, 0.3) is 0 Å². The largest absolute Gasteiger partial charge is 0.454 e. The monoisotopic (exact) mass is 401 g/mol. The van der Waals surface area contributed by atoms with E-state index in [1.807, 2.05) is 38.1 Å². The van der Waals surface area contributed by atoms with Crippen molar-refractivity contribution in [1.29, 1.82) is 0 Å². The molecule has 1 saturated heterocycles. The van der Waals surface area contributed by atoms with Crippen LogP contribution in [0.1, 0.15) is 43.7 Å². The molecule has 2 fully saturated rings. The van der Waals surface area contributed by atoms with Crippen molar-refractivity contribution in [2.24, 2.45) is 5.92 Å². The van der Waals surface area contributed by atoms with Gasteiger partial charge >= 0.3 is 12.0 Å². The van der Waals surface area contributed by atoms with Crippen molar-refractivity contribution in [3.8, 4) is 0 Å². The minimum absolute atomic E-state index is 0.0148. The molecule has 1 aliphatic heterocycles. The predicted molar refractivity (Wildman–Crippen MR) is 105 cm³/mol. The van der Waals surface area contributed by atoms with Crippen LogP contribution in [0, 0.1) is 12.8 Å². The maximum absolute atomic E-state index is 12.8. The number of hydrogen-bond acceptors (Lipinski definition) is 5. The molecule has 2 N–H and O–H groups in total. The van der Waals surface area contributed by atoms with Gasteiger partial charge in [0.1, 0.15) is 12.1 Å². The molecule has 8 heteroatoms. The third kappa shape index (κ3) is 4.41. The highest BCUT2D eigenvalue weighted by Gasteiger charge is 2.55. The summed E-state index contributed by atoms with van der Waals surface area (Å²) in [5.41, 5.74) is 1.10. The third-order valence-corrected chi connectivity index (χ3v) is 5.89. The maximum atomic E-state index is 12.8. The van der Waals surface area contributed by atoms with E-state index >= 15 is 0 Å². The van der Waals surface area contributed by atoms with Crippen molar-refractivity contribution < 1.29 is 23.9 Å². The van der Waals surface area contributed by atoms with E-state index in [-0.39, 0.29) is 11.8 Å². The first-order chi connectivity index (χ1) is 13.8. The van der Waals surface area contributed by atoms with Crippen LogP contribution < -0.4 is 10.6 Å². The molecular weight excluding hydrogens is 374 g/mol. The zero-order valence-electron chi connectivity index (χ0n) is 16.8. The number of hydrogen-bond donors (Lipinski definition) is 2. The van der Waals surface area contributed by atoms with Crippen LogP contribution in [0.15, 0.2) is 24.3 Å². The summed E-state index contributed by atoms with van der Waals surface area (Å²) in [6.45, 7) is 3.26. The lowest BCUT2D eigenvalue weighted by Gasteiger charge is -2.36. The second-order valence-corrected chi connectivity index (χ2v) is 7.80. The van der Waals surface area contributed by atoms with Crippen LogP contribution in [0.4, 0.5) is 4.79 Å². The number of urea groups is 1. The van der Waals surface area contributed by atoms with Gasteiger partial charge in [-0.2, -0.15) is 0 Å². The second-order valence-electron chi connectivity index (χ2n) is 7.80. The van der Waals surface area contributed by atoms with Crippen LogP contribution in [0.5, 0.6) is 0 Å². The SMILES string of the molecule is Cc1ccccc1CNC(=O)COC(=O)CN1C(=O)NC2(CCCCC2C)C1=O. The number of esters is 1. The Morgan fingerprint density at radius 2 is 2.03 bits per heavy atom. The smallest absolute Gasteiger partial charge is 0.326 e. The molecule has 0 bridgehead atoms. The van der Waals surface area contributed by atoms with E-state index in [9.17, 15) is 19.2 Å². The van der Waals surface area contributed by atoms with Gasteiger partial charge in [0.15, 0.2) is 6.61 Å². The van der Waals surface area contributed by atoms with E-state index in [2.05, 4.69) is 10.6 Å². The maximum Gasteiger partial charge on any atom is 0.326 e. The summed E-state index contributed by atoms with van der Waals surface area (Å²) in [5.74, 6) is -1.60. The highest BCUT2D eigenvalue weighted by molar-refractivity contribution is 6.09. The van der Waals surface area contributed by atoms with E-state index in [1.54, 1.807) is 0 Å². The van der Waals surface area contributed by atoms with Gasteiger partial charge in [-0.25, -0.2) is 4.79 Å². The van der Waals surface area contributed by atoms with Crippen LogP contribution in [-0.2, 0) is 25.7 Å². The molecular formula is C21H27N3O5. The number of benzene rings is 1. The summed E-state index contributed by atoms with van der Waals surface area (Å²) in [7, 11) is 0. The second kappa shape index (κ2) is 8.63. The molecule has 8 nitrogen and oxygen atoms in total. The Bertz CT molecular complexity index is 824. The van der Waals surface area contributed by atoms with Crippen molar-refractivity contribution in [2.75, 3.05) is 13.2 Å². The number of nitrogens with one attached hydrogen (secondary N) is 2. The van der Waals surface area contributed by atoms with Crippen molar-refractivity contribution >= 4 is 23.8 Å². The van der Waals surface area contributed by atoms with Crippen molar-refractivity contribution in [3.05, 3.63) is 35.4 Å². The number of carbonyl (C=O) groups is 4. The zero-order chi connectivity index (χ0) is 21.0. The average molecular weight is 401 g/mol. The van der Waals surface area contributed by atoms with Crippen LogP contribution in [0.2, 0.25) is 0 Å². The Balaban J connectivity index is 1.48. The molecule has 2 unspecified atom stereocenters. The Labute approximate surface area is 170 Å². The molecule has 4 amide bonds. The van der Waals surface area contributed by atoms with Gasteiger partial charge in [0.2, 0.25) is 0 Å². The van der Waals surface area contributed by atoms with Gasteiger partial charge in [0.25, 0.3) is 11.8 Å². The third-order valence-electron chi connectivity index (χ3n) is 5.89. The van der Waals surface area contributed by atoms with Gasteiger partial charge in [-0.05, 0) is 36.8 Å². The molecule has 1 saturated carbocycles. The molecule has 1 heterocycles. The van der Waals surface area contributed by atoms with Crippen molar-refractivity contribution in [3.63, 3.8) is 0 Å². The van der Waals surface area contributed by atoms with E-state index in [1.165, 1.54) is 0 Å². The fraction of sp³-hybridized carbons (Fsp3) is 0.524. The van der Waals surface area contributed by atoms with Crippen molar-refractivity contribution in [2.45, 2.75) is 51.6 Å². The Morgan fingerprint density at radius 3 is 2.76 bits per heavy atom. The normalized spacial score (nSPS) is 23.8. The molecule has 2 atom stereocenters. The minimum atomic E-state index is -0.916. The molecule has 1 spiro atoms. The summed E-state index contributed by atoms with van der Waals surface area (Å²) >= 11 is 0. The summed E-state index contributed by atoms with van der Waals surface area (Å²) in [5, 5.41) is 5.47. The molecule has 0 radical (unpaired) electrons. The summed E-state index contributed by atoms with van der Waals surface area (Å²) in [6, 6.07) is 7.06. The number of rotatable bonds is 6. The highest BCUT2D eigenvalue weighted by Crippen LogP contribution is 2.38. The standard InChI is InChI=1S/C21H27N3O5/c1-14-7-3-4-9-16(14)11-22-17(25)13-29-18(26)12-24-19(27)21(23-20(24)28)10-6-5-8-15(21)2/h3-4,7,9,15H,5-6,8,10-13H2,1-2H3,(H,22,25)(H,23,28). The van der Waals surface area contributed by atoms with Gasteiger partial charge in [0.05, 0.1) is 0 Å². The zero-order valence-corrected chi connectivity index (χ0v) is 16.8. The fourth-order valence-electron chi connectivity index (χ4n) is 4.01. The highest BCUT2D eigenvalue weighted by atomic mass is 16.5. The van der Waals surface area contributed by atoms with Crippen LogP contribution in [0.3, 0.4) is 0 Å². The van der Waals surface area contributed by atoms with Gasteiger partial charge in [0, 0.05) is 6.54 Å². The first-order valence-electron chi connectivity index (χ1n) is 9.94. The molecule has 156 valence electrons. The Hall–Kier alpha value is -2.90. The van der Waals surface area contributed by atoms with Gasteiger partial charge in [-0.3, -0.25) is 19.3 Å². The molecule has 3 rings (SSSR count). The first-order valence-corrected chi connectivity index (χ1v) is 9.94. The lowest BCUT2D eigenvalue weighted by atomic mass is 9.73. The van der Waals surface area contributed by atoms with E-state index in [0.717, 1.165) is 35.3 Å². The van der Waals surface area contributed by atoms with E-state index in [4.69, 9.17) is 4.74 Å². The molecule has 1 aromatic carbocycles. The quantitative estimate of drug-likeness (QED) is 0.557. The number of aryl methyl sites for hydroxylation is 1. The van der Waals surface area contributed by atoms with E-state index in [0.29, 0.717) is 13.0 Å². The molecule has 1 aliphatic carbocycles. The van der Waals surface area contributed by atoms with Crippen LogP contribution in [-0.4, -0.2) is 47.4 Å². The Kier molecular flexibility index (Phi) is 6.20. The average Bonchev–Trinajstić information content (AvgIpc) is 2.93. The lowest BCUT2D eigenvalue weighted by molar-refractivity contribution is -0.151. The first kappa shape index (κ1) is 20.8. The van der Waals surface area contributed by atoms with Crippen molar-refractivity contribution in [1.82, 2.24) is 15.5 Å². The van der Waals surface area contributed by atoms with Crippen LogP contribution >= 0.6 is 0 Å². The number of imide groups is 1. The predicted octanol–water partition coefficient (Wildman–Crippen LogP) is 1.66. The molecule has 2 aliphatic rings. The Morgan fingerprint density at radius 1 is 1.28 bits per heavy atom. The molecule has 29 heavy (non-hydrogen) atoms. The fourth-order valence-corrected chi connectivity index (χ4v) is 4.01. The number of amides is 4. The minimum Gasteiger partial charge on any atom is -0.454 e. The summed E-state index contributed by atoms with van der Waals surface area (Å²) in [6.07, 6.45) is 3.30.